The Hall–Kier alpha value is -2.53. The second-order valence-electron chi connectivity index (χ2n) is 9.10. The van der Waals surface area contributed by atoms with Crippen LogP contribution in [0.1, 0.15) is 45.4 Å². The lowest BCUT2D eigenvalue weighted by Crippen LogP contribution is -2.53. The number of amides is 2. The fourth-order valence-electron chi connectivity index (χ4n) is 4.22. The molecule has 37 heavy (non-hydrogen) atoms. The number of nitrogens with zero attached hydrogens (tertiary/aromatic N) is 2. The summed E-state index contributed by atoms with van der Waals surface area (Å²) in [6.45, 7) is 6.50. The molecule has 202 valence electrons. The summed E-state index contributed by atoms with van der Waals surface area (Å²) in [7, 11) is -3.66. The maximum Gasteiger partial charge on any atom is 0.279 e. The quantitative estimate of drug-likeness (QED) is 0.304. The molecule has 1 saturated heterocycles. The van der Waals surface area contributed by atoms with E-state index in [0.717, 1.165) is 43.1 Å². The van der Waals surface area contributed by atoms with E-state index in [1.54, 1.807) is 25.2 Å². The summed E-state index contributed by atoms with van der Waals surface area (Å²) >= 11 is 6.49. The molecule has 1 aromatic carbocycles. The van der Waals surface area contributed by atoms with Crippen molar-refractivity contribution in [1.29, 1.82) is 0 Å². The number of nitrogens with one attached hydrogen (secondary N) is 2. The van der Waals surface area contributed by atoms with Crippen molar-refractivity contribution in [1.82, 2.24) is 14.3 Å². The highest BCUT2D eigenvalue weighted by molar-refractivity contribution is 7.87. The summed E-state index contributed by atoms with van der Waals surface area (Å²) < 4.78 is 42.2. The first-order valence-electron chi connectivity index (χ1n) is 12.4. The summed E-state index contributed by atoms with van der Waals surface area (Å²) in [5.74, 6) is -1.66. The Bertz CT molecular complexity index is 1160. The highest BCUT2D eigenvalue weighted by Gasteiger charge is 2.36. The number of benzene rings is 1. The van der Waals surface area contributed by atoms with Crippen LogP contribution in [0.2, 0.25) is 0 Å². The van der Waals surface area contributed by atoms with Crippen molar-refractivity contribution in [3.8, 4) is 0 Å². The first-order chi connectivity index (χ1) is 17.6. The minimum atomic E-state index is -3.66. The Morgan fingerprint density at radius 2 is 1.97 bits per heavy atom. The van der Waals surface area contributed by atoms with Gasteiger partial charge in [-0.05, 0) is 49.6 Å². The molecule has 1 atom stereocenters. The van der Waals surface area contributed by atoms with Crippen LogP contribution in [-0.2, 0) is 19.8 Å². The standard InChI is InChI=1S/C26H34ClFN4O4S/c1-3-4-13-23(27)19(2)25(26(34)30-21-10-6-5-7-11-21)32(22-12-8-9-20(28)18-22)24(33)14-15-29-37(35,36)31-16-17-31/h3-4,8-9,12-13,18,21,25,29H,2,5-7,10-11,14-17H2,1H3,(H,30,34)/b4-3-,23-13+/t25-/m0/s1. The van der Waals surface area contributed by atoms with Gasteiger partial charge in [-0.3, -0.25) is 14.5 Å². The van der Waals surface area contributed by atoms with Crippen molar-refractivity contribution in [3.05, 3.63) is 65.5 Å². The summed E-state index contributed by atoms with van der Waals surface area (Å²) in [6.07, 6.45) is 9.45. The van der Waals surface area contributed by atoms with Crippen molar-refractivity contribution in [2.45, 2.75) is 57.5 Å². The van der Waals surface area contributed by atoms with Gasteiger partial charge in [0.15, 0.2) is 0 Å². The highest BCUT2D eigenvalue weighted by atomic mass is 35.5. The molecule has 1 aliphatic heterocycles. The number of rotatable bonds is 12. The van der Waals surface area contributed by atoms with Gasteiger partial charge >= 0.3 is 0 Å². The van der Waals surface area contributed by atoms with Crippen LogP contribution in [0.25, 0.3) is 0 Å². The number of carbonyl (C=O) groups excluding carboxylic acids is 2. The van der Waals surface area contributed by atoms with E-state index in [2.05, 4.69) is 16.6 Å². The Morgan fingerprint density at radius 1 is 1.27 bits per heavy atom. The molecule has 0 aromatic heterocycles. The predicted octanol–water partition coefficient (Wildman–Crippen LogP) is 3.77. The van der Waals surface area contributed by atoms with Gasteiger partial charge in [0.05, 0.1) is 0 Å². The lowest BCUT2D eigenvalue weighted by molar-refractivity contribution is -0.126. The van der Waals surface area contributed by atoms with Crippen molar-refractivity contribution in [2.24, 2.45) is 0 Å². The molecule has 0 radical (unpaired) electrons. The molecule has 2 aliphatic rings. The fraction of sp³-hybridized carbons (Fsp3) is 0.462. The number of anilines is 1. The molecule has 8 nitrogen and oxygen atoms in total. The molecule has 1 heterocycles. The minimum absolute atomic E-state index is 0.0568. The third-order valence-electron chi connectivity index (χ3n) is 6.25. The third-order valence-corrected chi connectivity index (χ3v) is 8.24. The van der Waals surface area contributed by atoms with E-state index in [0.29, 0.717) is 13.1 Å². The van der Waals surface area contributed by atoms with Crippen LogP contribution in [0.3, 0.4) is 0 Å². The van der Waals surface area contributed by atoms with Crippen LogP contribution < -0.4 is 14.9 Å². The van der Waals surface area contributed by atoms with E-state index < -0.39 is 33.9 Å². The maximum absolute atomic E-state index is 14.3. The van der Waals surface area contributed by atoms with E-state index in [9.17, 15) is 22.4 Å². The van der Waals surface area contributed by atoms with E-state index >= 15 is 0 Å². The van der Waals surface area contributed by atoms with Gasteiger partial charge in [0, 0.05) is 42.8 Å². The number of carbonyl (C=O) groups is 2. The second-order valence-corrected chi connectivity index (χ2v) is 11.3. The van der Waals surface area contributed by atoms with Crippen LogP contribution in [-0.4, -0.2) is 56.3 Å². The van der Waals surface area contributed by atoms with Gasteiger partial charge in [-0.25, -0.2) is 9.11 Å². The molecule has 1 aromatic rings. The molecule has 3 rings (SSSR count). The van der Waals surface area contributed by atoms with Gasteiger partial charge in [-0.15, -0.1) is 0 Å². The Kier molecular flexibility index (Phi) is 10.5. The predicted molar refractivity (Wildman–Crippen MR) is 144 cm³/mol. The molecular formula is C26H34ClFN4O4S. The molecule has 11 heteroatoms. The molecule has 0 spiro atoms. The normalized spacial score (nSPS) is 18.0. The Balaban J connectivity index is 1.94. The number of hydrogen-bond donors (Lipinski definition) is 2. The van der Waals surface area contributed by atoms with Gasteiger partial charge in [-0.2, -0.15) is 12.7 Å². The van der Waals surface area contributed by atoms with E-state index in [-0.39, 0.29) is 35.3 Å². The van der Waals surface area contributed by atoms with Crippen molar-refractivity contribution >= 4 is 39.3 Å². The molecule has 0 bridgehead atoms. The minimum Gasteiger partial charge on any atom is -0.351 e. The monoisotopic (exact) mass is 552 g/mol. The van der Waals surface area contributed by atoms with Crippen molar-refractivity contribution in [3.63, 3.8) is 0 Å². The summed E-state index contributed by atoms with van der Waals surface area (Å²) in [6, 6.07) is 4.00. The Labute approximate surface area is 223 Å². The fourth-order valence-corrected chi connectivity index (χ4v) is 5.50. The molecule has 1 aliphatic carbocycles. The highest BCUT2D eigenvalue weighted by Crippen LogP contribution is 2.28. The van der Waals surface area contributed by atoms with Crippen molar-refractivity contribution in [2.75, 3.05) is 24.5 Å². The van der Waals surface area contributed by atoms with E-state index in [1.165, 1.54) is 22.5 Å². The van der Waals surface area contributed by atoms with Gasteiger partial charge in [0.2, 0.25) is 11.8 Å². The average molecular weight is 553 g/mol. The molecule has 0 unspecified atom stereocenters. The molecule has 2 fully saturated rings. The summed E-state index contributed by atoms with van der Waals surface area (Å²) in [5, 5.41) is 3.19. The molecular weight excluding hydrogens is 519 g/mol. The number of halogens is 2. The van der Waals surface area contributed by atoms with Gasteiger partial charge < -0.3 is 5.32 Å². The summed E-state index contributed by atoms with van der Waals surface area (Å²) in [5.41, 5.74) is 0.301. The third kappa shape index (κ3) is 8.23. The zero-order valence-electron chi connectivity index (χ0n) is 21.0. The SMILES string of the molecule is C=C(/C(Cl)=C\C=C/C)[C@@H](C(=O)NC1CCCCC1)N(C(=O)CCNS(=O)(=O)N1CC1)c1cccc(F)c1. The second kappa shape index (κ2) is 13.3. The molecule has 1 saturated carbocycles. The van der Waals surface area contributed by atoms with Crippen molar-refractivity contribution < 1.29 is 22.4 Å². The van der Waals surface area contributed by atoms with Gasteiger partial charge in [-0.1, -0.05) is 55.7 Å². The average Bonchev–Trinajstić information content (AvgIpc) is 3.72. The van der Waals surface area contributed by atoms with Crippen LogP contribution in [0.5, 0.6) is 0 Å². The van der Waals surface area contributed by atoms with E-state index in [1.807, 2.05) is 0 Å². The van der Waals surface area contributed by atoms with E-state index in [4.69, 9.17) is 11.6 Å². The lowest BCUT2D eigenvalue weighted by atomic mass is 9.94. The topological polar surface area (TPSA) is 98.6 Å². The van der Waals surface area contributed by atoms with Crippen LogP contribution >= 0.6 is 11.6 Å². The first kappa shape index (κ1) is 29.0. The largest absolute Gasteiger partial charge is 0.351 e. The van der Waals surface area contributed by atoms with Gasteiger partial charge in [0.25, 0.3) is 10.2 Å². The zero-order valence-corrected chi connectivity index (χ0v) is 22.5. The molecule has 2 N–H and O–H groups in total. The maximum atomic E-state index is 14.3. The summed E-state index contributed by atoms with van der Waals surface area (Å²) in [4.78, 5) is 28.4. The Morgan fingerprint density at radius 3 is 2.59 bits per heavy atom. The van der Waals surface area contributed by atoms with Crippen LogP contribution in [0.15, 0.2) is 59.7 Å². The number of hydrogen-bond acceptors (Lipinski definition) is 4. The van der Waals surface area contributed by atoms with Gasteiger partial charge in [0.1, 0.15) is 11.9 Å². The van der Waals surface area contributed by atoms with Crippen LogP contribution in [0.4, 0.5) is 10.1 Å². The number of allylic oxidation sites excluding steroid dienone is 3. The first-order valence-corrected chi connectivity index (χ1v) is 14.3. The lowest BCUT2D eigenvalue weighted by Gasteiger charge is -2.34. The van der Waals surface area contributed by atoms with Crippen LogP contribution in [0, 0.1) is 5.82 Å². The smallest absolute Gasteiger partial charge is 0.279 e. The zero-order chi connectivity index (χ0) is 27.0. The molecule has 2 amide bonds.